The van der Waals surface area contributed by atoms with E-state index in [9.17, 15) is 14.4 Å². The Kier molecular flexibility index (Phi) is 5.96. The summed E-state index contributed by atoms with van der Waals surface area (Å²) in [5, 5.41) is 6.02. The Labute approximate surface area is 204 Å². The molecule has 0 atom stereocenters. The maximum absolute atomic E-state index is 13.0. The topological polar surface area (TPSA) is 79.4 Å². The van der Waals surface area contributed by atoms with Crippen LogP contribution in [0.4, 0.5) is 5.69 Å². The van der Waals surface area contributed by atoms with Gasteiger partial charge in [0.2, 0.25) is 0 Å². The van der Waals surface area contributed by atoms with Crippen molar-refractivity contribution in [1.82, 2.24) is 10.3 Å². The van der Waals surface area contributed by atoms with Crippen molar-refractivity contribution < 1.29 is 14.4 Å². The zero-order valence-electron chi connectivity index (χ0n) is 17.8. The van der Waals surface area contributed by atoms with Crippen LogP contribution in [0, 0.1) is 0 Å². The third kappa shape index (κ3) is 4.23. The number of para-hydroxylation sites is 1. The van der Waals surface area contributed by atoms with Gasteiger partial charge in [-0.3, -0.25) is 14.4 Å². The van der Waals surface area contributed by atoms with Crippen molar-refractivity contribution in [3.63, 3.8) is 0 Å². The molecule has 0 saturated carbocycles. The highest BCUT2D eigenvalue weighted by molar-refractivity contribution is 7.09. The SMILES string of the molecule is O=C(NCc1csc(Cc2ccccc2)n1)c1ccc2c(c1)C(=O)N(c1ccccc1Cl)C2=O. The van der Waals surface area contributed by atoms with Crippen molar-refractivity contribution in [2.75, 3.05) is 4.90 Å². The second-order valence-electron chi connectivity index (χ2n) is 7.74. The molecule has 0 unspecified atom stereocenters. The van der Waals surface area contributed by atoms with Crippen molar-refractivity contribution >= 4 is 46.3 Å². The van der Waals surface area contributed by atoms with Crippen molar-refractivity contribution in [2.24, 2.45) is 0 Å². The number of thiazole rings is 1. The first-order chi connectivity index (χ1) is 16.5. The van der Waals surface area contributed by atoms with Crippen LogP contribution in [0.15, 0.2) is 78.2 Å². The van der Waals surface area contributed by atoms with Crippen LogP contribution in [-0.4, -0.2) is 22.7 Å². The number of imide groups is 1. The largest absolute Gasteiger partial charge is 0.346 e. The van der Waals surface area contributed by atoms with Crippen molar-refractivity contribution in [3.8, 4) is 0 Å². The highest BCUT2D eigenvalue weighted by atomic mass is 35.5. The van der Waals surface area contributed by atoms with E-state index in [-0.39, 0.29) is 23.6 Å². The van der Waals surface area contributed by atoms with Crippen LogP contribution in [0.1, 0.15) is 47.3 Å². The fourth-order valence-electron chi connectivity index (χ4n) is 3.79. The normalized spacial score (nSPS) is 12.7. The molecule has 8 heteroatoms. The molecule has 1 aromatic heterocycles. The summed E-state index contributed by atoms with van der Waals surface area (Å²) >= 11 is 7.74. The molecule has 3 amide bonds. The number of nitrogens with one attached hydrogen (secondary N) is 1. The van der Waals surface area contributed by atoms with E-state index in [0.29, 0.717) is 16.3 Å². The van der Waals surface area contributed by atoms with E-state index in [1.807, 2.05) is 23.6 Å². The number of fused-ring (bicyclic) bond motifs is 1. The third-order valence-electron chi connectivity index (χ3n) is 5.47. The Morgan fingerprint density at radius 1 is 0.941 bits per heavy atom. The first-order valence-corrected chi connectivity index (χ1v) is 11.8. The van der Waals surface area contributed by atoms with Gasteiger partial charge >= 0.3 is 0 Å². The number of hydrogen-bond acceptors (Lipinski definition) is 5. The van der Waals surface area contributed by atoms with Gasteiger partial charge in [-0.2, -0.15) is 0 Å². The summed E-state index contributed by atoms with van der Waals surface area (Å²) in [6, 6.07) is 21.2. The van der Waals surface area contributed by atoms with Gasteiger partial charge in [0.25, 0.3) is 17.7 Å². The molecule has 3 aromatic carbocycles. The van der Waals surface area contributed by atoms with Gasteiger partial charge < -0.3 is 5.32 Å². The van der Waals surface area contributed by atoms with Crippen molar-refractivity contribution in [1.29, 1.82) is 0 Å². The van der Waals surface area contributed by atoms with Gasteiger partial charge in [-0.1, -0.05) is 54.1 Å². The number of carbonyl (C=O) groups is 3. The number of nitrogens with zero attached hydrogens (tertiary/aromatic N) is 2. The predicted octanol–water partition coefficient (Wildman–Crippen LogP) is 5.12. The van der Waals surface area contributed by atoms with Gasteiger partial charge in [-0.25, -0.2) is 9.88 Å². The van der Waals surface area contributed by atoms with Crippen LogP contribution in [0.5, 0.6) is 0 Å². The number of anilines is 1. The van der Waals surface area contributed by atoms with Crippen LogP contribution < -0.4 is 10.2 Å². The fraction of sp³-hybridized carbons (Fsp3) is 0.0769. The minimum atomic E-state index is -0.507. The minimum absolute atomic E-state index is 0.177. The molecule has 0 bridgehead atoms. The first kappa shape index (κ1) is 22.0. The smallest absolute Gasteiger partial charge is 0.266 e. The lowest BCUT2D eigenvalue weighted by molar-refractivity contribution is 0.0923. The lowest BCUT2D eigenvalue weighted by Crippen LogP contribution is -2.29. The number of aromatic nitrogens is 1. The number of hydrogen-bond donors (Lipinski definition) is 1. The number of benzene rings is 3. The molecule has 2 heterocycles. The zero-order chi connectivity index (χ0) is 23.7. The molecule has 168 valence electrons. The van der Waals surface area contributed by atoms with Crippen LogP contribution in [-0.2, 0) is 13.0 Å². The monoisotopic (exact) mass is 487 g/mol. The molecule has 1 aliphatic rings. The molecule has 6 nitrogen and oxygen atoms in total. The molecular formula is C26H18ClN3O3S. The first-order valence-electron chi connectivity index (χ1n) is 10.5. The summed E-state index contributed by atoms with van der Waals surface area (Å²) in [4.78, 5) is 44.2. The summed E-state index contributed by atoms with van der Waals surface area (Å²) in [5.74, 6) is -1.32. The predicted molar refractivity (Wildman–Crippen MR) is 132 cm³/mol. The van der Waals surface area contributed by atoms with E-state index in [4.69, 9.17) is 11.6 Å². The van der Waals surface area contributed by atoms with E-state index >= 15 is 0 Å². The number of rotatable bonds is 6. The van der Waals surface area contributed by atoms with E-state index in [1.54, 1.807) is 35.6 Å². The number of halogens is 1. The van der Waals surface area contributed by atoms with Crippen molar-refractivity contribution in [2.45, 2.75) is 13.0 Å². The maximum Gasteiger partial charge on any atom is 0.266 e. The molecule has 1 N–H and O–H groups in total. The quantitative estimate of drug-likeness (QED) is 0.383. The lowest BCUT2D eigenvalue weighted by atomic mass is 10.1. The Bertz CT molecular complexity index is 1420. The second kappa shape index (κ2) is 9.21. The van der Waals surface area contributed by atoms with Gasteiger partial charge in [0.05, 0.1) is 39.1 Å². The molecule has 4 aromatic rings. The van der Waals surface area contributed by atoms with E-state index in [2.05, 4.69) is 22.4 Å². The summed E-state index contributed by atoms with van der Waals surface area (Å²) in [5.41, 5.74) is 2.97. The van der Waals surface area contributed by atoms with Crippen LogP contribution in [0.25, 0.3) is 0 Å². The Balaban J connectivity index is 1.28. The summed E-state index contributed by atoms with van der Waals surface area (Å²) in [7, 11) is 0. The molecule has 0 spiro atoms. The van der Waals surface area contributed by atoms with E-state index < -0.39 is 11.8 Å². The lowest BCUT2D eigenvalue weighted by Gasteiger charge is -2.15. The van der Waals surface area contributed by atoms with Gasteiger partial charge in [-0.15, -0.1) is 11.3 Å². The molecule has 34 heavy (non-hydrogen) atoms. The Morgan fingerprint density at radius 2 is 1.68 bits per heavy atom. The van der Waals surface area contributed by atoms with Crippen molar-refractivity contribution in [3.05, 3.63) is 116 Å². The maximum atomic E-state index is 13.0. The standard InChI is InChI=1S/C26H18ClN3O3S/c27-21-8-4-5-9-22(21)30-25(32)19-11-10-17(13-20(19)26(30)33)24(31)28-14-18-15-34-23(29-18)12-16-6-2-1-3-7-16/h1-11,13,15H,12,14H2,(H,28,31). The van der Waals surface area contributed by atoms with Crippen LogP contribution >= 0.6 is 22.9 Å². The van der Waals surface area contributed by atoms with Gasteiger partial charge in [0.1, 0.15) is 0 Å². The summed E-state index contributed by atoms with van der Waals surface area (Å²) in [6.45, 7) is 0.264. The molecule has 1 aliphatic heterocycles. The molecular weight excluding hydrogens is 470 g/mol. The van der Waals surface area contributed by atoms with Gasteiger partial charge in [-0.05, 0) is 35.9 Å². The molecule has 5 rings (SSSR count). The van der Waals surface area contributed by atoms with E-state index in [0.717, 1.165) is 22.0 Å². The zero-order valence-corrected chi connectivity index (χ0v) is 19.4. The number of carbonyl (C=O) groups excluding carboxylic acids is 3. The third-order valence-corrected chi connectivity index (χ3v) is 6.69. The summed E-state index contributed by atoms with van der Waals surface area (Å²) < 4.78 is 0. The average molecular weight is 488 g/mol. The van der Waals surface area contributed by atoms with Crippen LogP contribution in [0.3, 0.4) is 0 Å². The molecule has 0 radical (unpaired) electrons. The molecule has 0 fully saturated rings. The second-order valence-corrected chi connectivity index (χ2v) is 9.08. The van der Waals surface area contributed by atoms with Gasteiger partial charge in [0.15, 0.2) is 0 Å². The van der Waals surface area contributed by atoms with Crippen LogP contribution in [0.2, 0.25) is 5.02 Å². The fourth-order valence-corrected chi connectivity index (χ4v) is 4.84. The highest BCUT2D eigenvalue weighted by Gasteiger charge is 2.38. The number of amides is 3. The van der Waals surface area contributed by atoms with E-state index in [1.165, 1.54) is 23.8 Å². The molecule has 0 aliphatic carbocycles. The molecule has 0 saturated heterocycles. The average Bonchev–Trinajstić information content (AvgIpc) is 3.40. The van der Waals surface area contributed by atoms with Gasteiger partial charge in [0, 0.05) is 17.4 Å². The summed E-state index contributed by atoms with van der Waals surface area (Å²) in [6.07, 6.45) is 0.738. The Morgan fingerprint density at radius 3 is 2.47 bits per heavy atom. The Hall–Kier alpha value is -3.81. The minimum Gasteiger partial charge on any atom is -0.346 e. The highest BCUT2D eigenvalue weighted by Crippen LogP contribution is 2.33.